The van der Waals surface area contributed by atoms with Crippen molar-refractivity contribution in [3.05, 3.63) is 63.3 Å². The first-order chi connectivity index (χ1) is 14.9. The monoisotopic (exact) mass is 416 g/mol. The number of nitrogens with one attached hydrogen (secondary N) is 2. The summed E-state index contributed by atoms with van der Waals surface area (Å²) in [5, 5.41) is 27.1. The first-order valence-corrected chi connectivity index (χ1v) is 10.8. The van der Waals surface area contributed by atoms with Gasteiger partial charge in [-0.3, -0.25) is 0 Å². The van der Waals surface area contributed by atoms with E-state index in [0.717, 1.165) is 58.9 Å². The van der Waals surface area contributed by atoms with E-state index in [1.165, 1.54) is 0 Å². The highest BCUT2D eigenvalue weighted by atomic mass is 15.2. The molecule has 0 unspecified atom stereocenters. The van der Waals surface area contributed by atoms with E-state index >= 15 is 0 Å². The molecule has 0 saturated carbocycles. The first-order valence-electron chi connectivity index (χ1n) is 10.8. The number of rotatable bonds is 6. The molecule has 1 aliphatic rings. The number of aromatic nitrogens is 2. The maximum Gasteiger partial charge on any atom is 0.156 e. The highest BCUT2D eigenvalue weighted by Gasteiger charge is 2.16. The Hall–Kier alpha value is -3.17. The van der Waals surface area contributed by atoms with Crippen molar-refractivity contribution in [2.75, 3.05) is 25.5 Å². The Morgan fingerprint density at radius 2 is 2.00 bits per heavy atom. The fraction of sp³-hybridized carbons (Fsp3) is 0.400. The van der Waals surface area contributed by atoms with Gasteiger partial charge in [0, 0.05) is 28.7 Å². The Morgan fingerprint density at radius 1 is 1.26 bits per heavy atom. The number of hydrogen-bond acceptors (Lipinski definition) is 6. The lowest BCUT2D eigenvalue weighted by atomic mass is 10.0. The molecule has 0 atom stereocenters. The second kappa shape index (κ2) is 10.2. The van der Waals surface area contributed by atoms with Crippen LogP contribution in [0.25, 0.3) is 12.2 Å². The van der Waals surface area contributed by atoms with E-state index in [-0.39, 0.29) is 0 Å². The number of piperidine rings is 1. The van der Waals surface area contributed by atoms with Gasteiger partial charge in [-0.2, -0.15) is 10.4 Å². The molecule has 31 heavy (non-hydrogen) atoms. The Morgan fingerprint density at radius 3 is 2.68 bits per heavy atom. The van der Waals surface area contributed by atoms with Crippen molar-refractivity contribution in [1.29, 1.82) is 5.26 Å². The largest absolute Gasteiger partial charge is 0.383 e. The maximum absolute atomic E-state index is 9.30. The molecule has 0 bridgehead atoms. The van der Waals surface area contributed by atoms with Crippen LogP contribution in [0.3, 0.4) is 0 Å². The molecule has 2 N–H and O–H groups in total. The lowest BCUT2D eigenvalue weighted by Gasteiger charge is -2.30. The molecule has 0 radical (unpaired) electrons. The van der Waals surface area contributed by atoms with Crippen LogP contribution in [-0.4, -0.2) is 41.3 Å². The second-order valence-corrected chi connectivity index (χ2v) is 8.20. The third kappa shape index (κ3) is 5.50. The van der Waals surface area contributed by atoms with Crippen LogP contribution in [0, 0.1) is 25.2 Å². The molecule has 1 aromatic heterocycles. The summed E-state index contributed by atoms with van der Waals surface area (Å²) >= 11 is 0. The highest BCUT2D eigenvalue weighted by Crippen LogP contribution is 2.14. The van der Waals surface area contributed by atoms with Crippen LogP contribution < -0.4 is 21.1 Å². The average molecular weight is 417 g/mol. The van der Waals surface area contributed by atoms with Gasteiger partial charge in [-0.1, -0.05) is 24.8 Å². The minimum Gasteiger partial charge on any atom is -0.383 e. The molecule has 6 nitrogen and oxygen atoms in total. The van der Waals surface area contributed by atoms with Crippen LogP contribution in [0.5, 0.6) is 0 Å². The lowest BCUT2D eigenvalue weighted by Crippen LogP contribution is -2.40. The predicted octanol–water partition coefficient (Wildman–Crippen LogP) is 2.36. The average Bonchev–Trinajstić information content (AvgIpc) is 2.76. The van der Waals surface area contributed by atoms with Crippen LogP contribution >= 0.6 is 0 Å². The molecule has 3 rings (SSSR count). The van der Waals surface area contributed by atoms with Crippen LogP contribution in [0.2, 0.25) is 0 Å². The van der Waals surface area contributed by atoms with Gasteiger partial charge in [-0.05, 0) is 77.0 Å². The Labute approximate surface area is 185 Å². The summed E-state index contributed by atoms with van der Waals surface area (Å²) in [6.45, 7) is 13.0. The number of benzene rings is 1. The number of nitriles is 1. The summed E-state index contributed by atoms with van der Waals surface area (Å²) in [5.41, 5.74) is 4.51. The van der Waals surface area contributed by atoms with Crippen molar-refractivity contribution in [3.8, 4) is 6.07 Å². The summed E-state index contributed by atoms with van der Waals surface area (Å²) in [4.78, 5) is 2.36. The van der Waals surface area contributed by atoms with Gasteiger partial charge in [0.2, 0.25) is 0 Å². The zero-order valence-corrected chi connectivity index (χ0v) is 19.0. The zero-order chi connectivity index (χ0) is 22.4. The van der Waals surface area contributed by atoms with Crippen molar-refractivity contribution in [3.63, 3.8) is 0 Å². The van der Waals surface area contributed by atoms with Crippen LogP contribution in [0.1, 0.15) is 42.1 Å². The molecule has 6 heteroatoms. The molecule has 1 aromatic carbocycles. The summed E-state index contributed by atoms with van der Waals surface area (Å²) in [7, 11) is 2.16. The molecule has 162 valence electrons. The summed E-state index contributed by atoms with van der Waals surface area (Å²) in [6.07, 6.45) is 6.36. The van der Waals surface area contributed by atoms with E-state index in [1.54, 1.807) is 0 Å². The van der Waals surface area contributed by atoms with Crippen molar-refractivity contribution >= 4 is 18.0 Å². The molecular formula is C25H32N6. The zero-order valence-electron chi connectivity index (χ0n) is 19.0. The second-order valence-electron chi connectivity index (χ2n) is 8.20. The van der Waals surface area contributed by atoms with Crippen LogP contribution in [-0.2, 0) is 6.54 Å². The Kier molecular flexibility index (Phi) is 7.43. The highest BCUT2D eigenvalue weighted by molar-refractivity contribution is 5.54. The standard InChI is InChI=1S/C25H32N6/c1-6-23-19(4)29-30-25(27-16-21-9-7-8-20(15-26)18(21)3)24(23)14-17(2)28-22-10-12-31(5)13-11-22/h6-9,14,22,28H,2,10-13,16H2,1,3-5H3,(H,27,30)/b23-6-,24-14+. The van der Waals surface area contributed by atoms with E-state index in [9.17, 15) is 5.26 Å². The Bertz CT molecular complexity index is 1100. The van der Waals surface area contributed by atoms with Crippen molar-refractivity contribution < 1.29 is 0 Å². The minimum atomic E-state index is 0.442. The number of hydrogen-bond donors (Lipinski definition) is 2. The van der Waals surface area contributed by atoms with E-state index in [0.29, 0.717) is 24.0 Å². The van der Waals surface area contributed by atoms with E-state index in [1.807, 2.05) is 39.0 Å². The molecule has 0 amide bonds. The number of nitrogens with zero attached hydrogens (tertiary/aromatic N) is 4. The third-order valence-electron chi connectivity index (χ3n) is 5.96. The van der Waals surface area contributed by atoms with Gasteiger partial charge >= 0.3 is 0 Å². The molecule has 1 aliphatic heterocycles. The normalized spacial score (nSPS) is 16.2. The van der Waals surface area contributed by atoms with Gasteiger partial charge in [0.05, 0.1) is 17.3 Å². The number of allylic oxidation sites excluding steroid dienone is 1. The molecule has 2 aromatic rings. The van der Waals surface area contributed by atoms with E-state index in [2.05, 4.69) is 57.6 Å². The van der Waals surface area contributed by atoms with Crippen molar-refractivity contribution in [1.82, 2.24) is 20.4 Å². The topological polar surface area (TPSA) is 76.9 Å². The minimum absolute atomic E-state index is 0.442. The quantitative estimate of drug-likeness (QED) is 0.753. The van der Waals surface area contributed by atoms with Gasteiger partial charge in [0.1, 0.15) is 0 Å². The summed E-state index contributed by atoms with van der Waals surface area (Å²) in [5.74, 6) is 0.715. The van der Waals surface area contributed by atoms with Crippen molar-refractivity contribution in [2.45, 2.75) is 46.2 Å². The number of likely N-dealkylation sites (tertiary alicyclic amines) is 1. The summed E-state index contributed by atoms with van der Waals surface area (Å²) in [6, 6.07) is 8.47. The van der Waals surface area contributed by atoms with Gasteiger partial charge in [-0.15, -0.1) is 5.10 Å². The summed E-state index contributed by atoms with van der Waals surface area (Å²) < 4.78 is 0. The fourth-order valence-corrected chi connectivity index (χ4v) is 4.00. The lowest BCUT2D eigenvalue weighted by molar-refractivity contribution is 0.243. The molecule has 1 saturated heterocycles. The molecule has 0 aliphatic carbocycles. The van der Waals surface area contributed by atoms with E-state index < -0.39 is 0 Å². The van der Waals surface area contributed by atoms with E-state index in [4.69, 9.17) is 0 Å². The SMILES string of the molecule is C=C(/C=c1/c(NCc2cccc(C#N)c2C)nnc(C)/c1=C/C)NC1CCN(C)CC1. The Balaban J connectivity index is 1.87. The molecule has 1 fully saturated rings. The van der Waals surface area contributed by atoms with Gasteiger partial charge < -0.3 is 15.5 Å². The smallest absolute Gasteiger partial charge is 0.156 e. The number of aryl methyl sites for hydroxylation is 1. The van der Waals surface area contributed by atoms with Crippen LogP contribution in [0.15, 0.2) is 30.5 Å². The molecule has 0 spiro atoms. The van der Waals surface area contributed by atoms with Gasteiger partial charge in [-0.25, -0.2) is 0 Å². The molecular weight excluding hydrogens is 384 g/mol. The number of anilines is 1. The van der Waals surface area contributed by atoms with Gasteiger partial charge in [0.15, 0.2) is 5.82 Å². The first kappa shape index (κ1) is 22.5. The van der Waals surface area contributed by atoms with Gasteiger partial charge in [0.25, 0.3) is 0 Å². The maximum atomic E-state index is 9.30. The van der Waals surface area contributed by atoms with Crippen molar-refractivity contribution in [2.24, 2.45) is 0 Å². The molecule has 2 heterocycles. The van der Waals surface area contributed by atoms with Crippen LogP contribution in [0.4, 0.5) is 5.82 Å². The fourth-order valence-electron chi connectivity index (χ4n) is 4.00. The predicted molar refractivity (Wildman–Crippen MR) is 127 cm³/mol. The third-order valence-corrected chi connectivity index (χ3v) is 5.96.